The van der Waals surface area contributed by atoms with Crippen LogP contribution in [0.25, 0.3) is 0 Å². The molecule has 0 aromatic heterocycles. The molecular formula is C20H29N3O2. The summed E-state index contributed by atoms with van der Waals surface area (Å²) >= 11 is 0. The lowest BCUT2D eigenvalue weighted by Gasteiger charge is -2.20. The van der Waals surface area contributed by atoms with Gasteiger partial charge in [-0.1, -0.05) is 44.7 Å². The molecule has 1 aliphatic rings. The van der Waals surface area contributed by atoms with E-state index in [0.29, 0.717) is 6.42 Å². The van der Waals surface area contributed by atoms with E-state index < -0.39 is 0 Å². The van der Waals surface area contributed by atoms with Crippen molar-refractivity contribution in [2.75, 3.05) is 5.32 Å². The average molecular weight is 343 g/mol. The first kappa shape index (κ1) is 19.2. The lowest BCUT2D eigenvalue weighted by atomic mass is 9.88. The van der Waals surface area contributed by atoms with E-state index in [1.807, 2.05) is 31.2 Å². The Morgan fingerprint density at radius 1 is 1.20 bits per heavy atom. The Bertz CT molecular complexity index is 619. The molecule has 0 radical (unpaired) electrons. The number of carbonyl (C=O) groups is 2. The SMILES string of the molecule is CCCCC(=O)N/N=C(/C)c1cccc(NC(=O)C2CCCCC2)c1. The van der Waals surface area contributed by atoms with Crippen molar-refractivity contribution in [1.82, 2.24) is 5.43 Å². The molecule has 0 spiro atoms. The van der Waals surface area contributed by atoms with Gasteiger partial charge in [-0.3, -0.25) is 9.59 Å². The Hall–Kier alpha value is -2.17. The van der Waals surface area contributed by atoms with Gasteiger partial charge in [0.05, 0.1) is 5.71 Å². The monoisotopic (exact) mass is 343 g/mol. The number of hydrogen-bond donors (Lipinski definition) is 2. The Balaban J connectivity index is 1.95. The van der Waals surface area contributed by atoms with Crippen molar-refractivity contribution < 1.29 is 9.59 Å². The lowest BCUT2D eigenvalue weighted by molar-refractivity contribution is -0.121. The van der Waals surface area contributed by atoms with Crippen LogP contribution in [-0.2, 0) is 9.59 Å². The van der Waals surface area contributed by atoms with Crippen molar-refractivity contribution >= 4 is 23.2 Å². The highest BCUT2D eigenvalue weighted by Crippen LogP contribution is 2.25. The van der Waals surface area contributed by atoms with Crippen molar-refractivity contribution in [3.8, 4) is 0 Å². The number of benzene rings is 1. The number of carbonyl (C=O) groups excluding carboxylic acids is 2. The summed E-state index contributed by atoms with van der Waals surface area (Å²) in [5.41, 5.74) is 4.97. The summed E-state index contributed by atoms with van der Waals surface area (Å²) in [6, 6.07) is 7.60. The minimum Gasteiger partial charge on any atom is -0.326 e. The van der Waals surface area contributed by atoms with Crippen molar-refractivity contribution in [3.63, 3.8) is 0 Å². The molecule has 0 heterocycles. The number of amides is 2. The van der Waals surface area contributed by atoms with Crippen LogP contribution in [0.5, 0.6) is 0 Å². The van der Waals surface area contributed by atoms with Crippen molar-refractivity contribution in [1.29, 1.82) is 0 Å². The van der Waals surface area contributed by atoms with Crippen LogP contribution in [0.4, 0.5) is 5.69 Å². The van der Waals surface area contributed by atoms with E-state index in [4.69, 9.17) is 0 Å². The molecule has 2 amide bonds. The Labute approximate surface area is 150 Å². The maximum atomic E-state index is 12.4. The number of nitrogens with zero attached hydrogens (tertiary/aromatic N) is 1. The van der Waals surface area contributed by atoms with E-state index in [2.05, 4.69) is 22.8 Å². The number of nitrogens with one attached hydrogen (secondary N) is 2. The van der Waals surface area contributed by atoms with Crippen LogP contribution >= 0.6 is 0 Å². The topological polar surface area (TPSA) is 70.6 Å². The largest absolute Gasteiger partial charge is 0.326 e. The first-order valence-corrected chi connectivity index (χ1v) is 9.34. The quantitative estimate of drug-likeness (QED) is 0.574. The maximum absolute atomic E-state index is 12.4. The van der Waals surface area contributed by atoms with E-state index in [1.165, 1.54) is 6.42 Å². The molecule has 25 heavy (non-hydrogen) atoms. The summed E-state index contributed by atoms with van der Waals surface area (Å²) in [6.07, 6.45) is 7.82. The predicted molar refractivity (Wildman–Crippen MR) is 102 cm³/mol. The van der Waals surface area contributed by atoms with Crippen LogP contribution in [0, 0.1) is 5.92 Å². The third-order valence-electron chi connectivity index (χ3n) is 4.63. The minimum absolute atomic E-state index is 0.0667. The van der Waals surface area contributed by atoms with Crippen LogP contribution in [0.2, 0.25) is 0 Å². The molecule has 2 rings (SSSR count). The second-order valence-electron chi connectivity index (χ2n) is 6.74. The van der Waals surface area contributed by atoms with E-state index in [0.717, 1.165) is 55.5 Å². The molecule has 2 N–H and O–H groups in total. The van der Waals surface area contributed by atoms with Gasteiger partial charge in [0.25, 0.3) is 0 Å². The molecule has 1 fully saturated rings. The highest BCUT2D eigenvalue weighted by Gasteiger charge is 2.21. The normalized spacial score (nSPS) is 15.7. The van der Waals surface area contributed by atoms with Crippen LogP contribution in [-0.4, -0.2) is 17.5 Å². The molecular weight excluding hydrogens is 314 g/mol. The first-order chi connectivity index (χ1) is 12.1. The summed E-state index contributed by atoms with van der Waals surface area (Å²) in [5, 5.41) is 7.18. The fourth-order valence-electron chi connectivity index (χ4n) is 3.04. The van der Waals surface area contributed by atoms with Crippen molar-refractivity contribution in [2.24, 2.45) is 11.0 Å². The van der Waals surface area contributed by atoms with E-state index in [1.54, 1.807) is 0 Å². The Morgan fingerprint density at radius 2 is 1.96 bits per heavy atom. The minimum atomic E-state index is -0.0667. The Morgan fingerprint density at radius 3 is 2.68 bits per heavy atom. The Kier molecular flexibility index (Phi) is 7.64. The molecule has 0 atom stereocenters. The van der Waals surface area contributed by atoms with Crippen LogP contribution in [0.1, 0.15) is 70.8 Å². The molecule has 136 valence electrons. The van der Waals surface area contributed by atoms with Gasteiger partial charge in [0.2, 0.25) is 11.8 Å². The first-order valence-electron chi connectivity index (χ1n) is 9.34. The second-order valence-corrected chi connectivity index (χ2v) is 6.74. The van der Waals surface area contributed by atoms with Crippen LogP contribution < -0.4 is 10.7 Å². The average Bonchev–Trinajstić information content (AvgIpc) is 2.65. The lowest BCUT2D eigenvalue weighted by Crippen LogP contribution is -2.24. The molecule has 0 bridgehead atoms. The van der Waals surface area contributed by atoms with E-state index >= 15 is 0 Å². The third-order valence-corrected chi connectivity index (χ3v) is 4.63. The summed E-state index contributed by atoms with van der Waals surface area (Å²) < 4.78 is 0. The molecule has 5 nitrogen and oxygen atoms in total. The van der Waals surface area contributed by atoms with E-state index in [-0.39, 0.29) is 17.7 Å². The summed E-state index contributed by atoms with van der Waals surface area (Å²) in [5.74, 6) is 0.173. The van der Waals surface area contributed by atoms with Gasteiger partial charge in [-0.05, 0) is 43.9 Å². The van der Waals surface area contributed by atoms with Gasteiger partial charge in [0.1, 0.15) is 0 Å². The summed E-state index contributed by atoms with van der Waals surface area (Å²) in [7, 11) is 0. The third kappa shape index (κ3) is 6.33. The number of hydrogen-bond acceptors (Lipinski definition) is 3. The summed E-state index contributed by atoms with van der Waals surface area (Å²) in [6.45, 7) is 3.90. The number of anilines is 1. The predicted octanol–water partition coefficient (Wildman–Crippen LogP) is 4.24. The number of hydrazone groups is 1. The zero-order valence-electron chi connectivity index (χ0n) is 15.3. The van der Waals surface area contributed by atoms with Gasteiger partial charge in [-0.2, -0.15) is 5.10 Å². The molecule has 5 heteroatoms. The van der Waals surface area contributed by atoms with Crippen LogP contribution in [0.15, 0.2) is 29.4 Å². The second kappa shape index (κ2) is 9.97. The van der Waals surface area contributed by atoms with Crippen LogP contribution in [0.3, 0.4) is 0 Å². The molecule has 1 aliphatic carbocycles. The molecule has 0 saturated heterocycles. The number of unbranched alkanes of at least 4 members (excludes halogenated alkanes) is 1. The molecule has 1 aromatic rings. The fourth-order valence-corrected chi connectivity index (χ4v) is 3.04. The zero-order chi connectivity index (χ0) is 18.1. The molecule has 0 aliphatic heterocycles. The van der Waals surface area contributed by atoms with E-state index in [9.17, 15) is 9.59 Å². The van der Waals surface area contributed by atoms with Crippen molar-refractivity contribution in [2.45, 2.75) is 65.2 Å². The molecule has 1 saturated carbocycles. The maximum Gasteiger partial charge on any atom is 0.240 e. The summed E-state index contributed by atoms with van der Waals surface area (Å²) in [4.78, 5) is 24.0. The van der Waals surface area contributed by atoms with Gasteiger partial charge in [-0.25, -0.2) is 5.43 Å². The van der Waals surface area contributed by atoms with Gasteiger partial charge < -0.3 is 5.32 Å². The molecule has 0 unspecified atom stereocenters. The smallest absolute Gasteiger partial charge is 0.240 e. The standard InChI is InChI=1S/C20H29N3O2/c1-3-4-13-19(24)23-22-15(2)17-11-8-12-18(14-17)21-20(25)16-9-6-5-7-10-16/h8,11-12,14,16H,3-7,9-10,13H2,1-2H3,(H,21,25)(H,23,24)/b22-15-. The van der Waals surface area contributed by atoms with Gasteiger partial charge in [0.15, 0.2) is 0 Å². The highest BCUT2D eigenvalue weighted by atomic mass is 16.2. The zero-order valence-corrected chi connectivity index (χ0v) is 15.3. The number of rotatable bonds is 7. The van der Waals surface area contributed by atoms with Gasteiger partial charge in [0, 0.05) is 18.0 Å². The molecule has 1 aromatic carbocycles. The fraction of sp³-hybridized carbons (Fsp3) is 0.550. The van der Waals surface area contributed by atoms with Crippen molar-refractivity contribution in [3.05, 3.63) is 29.8 Å². The highest BCUT2D eigenvalue weighted by molar-refractivity contribution is 6.01. The van der Waals surface area contributed by atoms with Gasteiger partial charge >= 0.3 is 0 Å². The van der Waals surface area contributed by atoms with Gasteiger partial charge in [-0.15, -0.1) is 0 Å².